The van der Waals surface area contributed by atoms with Gasteiger partial charge in [0.1, 0.15) is 22.9 Å². The molecule has 2 fully saturated rings. The van der Waals surface area contributed by atoms with Crippen LogP contribution in [0.25, 0.3) is 0 Å². The summed E-state index contributed by atoms with van der Waals surface area (Å²) in [5.41, 5.74) is -5.77. The Morgan fingerprint density at radius 2 is 1.79 bits per heavy atom. The lowest BCUT2D eigenvalue weighted by Crippen LogP contribution is -3.06. The predicted octanol–water partition coefficient (Wildman–Crippen LogP) is -0.906. The highest BCUT2D eigenvalue weighted by molar-refractivity contribution is 8.04. The Bertz CT molecular complexity index is 688. The maximum absolute atomic E-state index is 11.3. The largest absolute Gasteiger partial charge is 0.394 e. The van der Waals surface area contributed by atoms with Crippen LogP contribution in [0.2, 0.25) is 0 Å². The molecule has 6 N–H and O–H groups in total. The van der Waals surface area contributed by atoms with Gasteiger partial charge in [-0.25, -0.2) is 0 Å². The maximum atomic E-state index is 11.3. The molecular weight excluding hydrogens is 332 g/mol. The Morgan fingerprint density at radius 1 is 1.12 bits per heavy atom. The summed E-state index contributed by atoms with van der Waals surface area (Å²) in [4.78, 5) is 0. The Hall–Kier alpha value is -0.930. The van der Waals surface area contributed by atoms with Crippen molar-refractivity contribution in [2.75, 3.05) is 6.61 Å². The molecule has 4 rings (SSSR count). The van der Waals surface area contributed by atoms with Crippen molar-refractivity contribution in [3.05, 3.63) is 47.4 Å². The van der Waals surface area contributed by atoms with E-state index < -0.39 is 46.3 Å². The van der Waals surface area contributed by atoms with Crippen molar-refractivity contribution in [1.29, 1.82) is 0 Å². The van der Waals surface area contributed by atoms with E-state index in [1.807, 2.05) is 0 Å². The molecule has 7 heteroatoms. The second-order valence-corrected chi connectivity index (χ2v) is 8.06. The summed E-state index contributed by atoms with van der Waals surface area (Å²) in [6.07, 6.45) is -1.08. The van der Waals surface area contributed by atoms with E-state index in [9.17, 15) is 30.6 Å². The van der Waals surface area contributed by atoms with Gasteiger partial charge in [0, 0.05) is 5.92 Å². The molecule has 3 unspecified atom stereocenters. The van der Waals surface area contributed by atoms with Crippen LogP contribution >= 0.6 is 11.8 Å². The van der Waals surface area contributed by atoms with Gasteiger partial charge in [-0.15, -0.1) is 11.8 Å². The normalized spacial score (nSPS) is 50.2. The second kappa shape index (κ2) is 4.82. The van der Waals surface area contributed by atoms with Gasteiger partial charge in [-0.2, -0.15) is 0 Å². The van der Waals surface area contributed by atoms with E-state index in [1.54, 1.807) is 41.8 Å². The first-order valence-corrected chi connectivity index (χ1v) is 8.73. The zero-order chi connectivity index (χ0) is 17.4. The third kappa shape index (κ3) is 1.32. The van der Waals surface area contributed by atoms with Crippen LogP contribution in [0.15, 0.2) is 41.8 Å². The summed E-state index contributed by atoms with van der Waals surface area (Å²) in [7, 11) is 0. The zero-order valence-corrected chi connectivity index (χ0v) is 13.6. The average Bonchev–Trinajstić information content (AvgIpc) is 3.12. The standard InChI is InChI=1S/C17H20O6S/c18-9-11(19)15(21)14(7-4-8-24-14)17(23)13(20)12(16(15,17)22)10-5-2-1-3-6-10/h1-6,8,11-13,18-23H,7,9H2/t11-,12?,13?,14?,15+,16+,17-/m1/s1. The van der Waals surface area contributed by atoms with Gasteiger partial charge in [-0.1, -0.05) is 36.4 Å². The van der Waals surface area contributed by atoms with E-state index in [1.165, 1.54) is 0 Å². The molecule has 2 aliphatic carbocycles. The van der Waals surface area contributed by atoms with E-state index in [4.69, 9.17) is 0 Å². The summed E-state index contributed by atoms with van der Waals surface area (Å²) < 4.78 is -1.40. The van der Waals surface area contributed by atoms with E-state index in [0.717, 1.165) is 11.8 Å². The predicted molar refractivity (Wildman–Crippen MR) is 87.2 cm³/mol. The first kappa shape index (κ1) is 16.5. The van der Waals surface area contributed by atoms with E-state index in [0.29, 0.717) is 5.56 Å². The highest BCUT2D eigenvalue weighted by Gasteiger charge is 2.99. The number of hydrogen-bond donors (Lipinski definition) is 6. The van der Waals surface area contributed by atoms with Crippen LogP contribution in [0.5, 0.6) is 0 Å². The van der Waals surface area contributed by atoms with Crippen molar-refractivity contribution in [1.82, 2.24) is 0 Å². The maximum Gasteiger partial charge on any atom is 0.143 e. The van der Waals surface area contributed by atoms with Gasteiger partial charge in [0.2, 0.25) is 0 Å². The quantitative estimate of drug-likeness (QED) is 0.417. The smallest absolute Gasteiger partial charge is 0.143 e. The Balaban J connectivity index is 1.87. The van der Waals surface area contributed by atoms with Gasteiger partial charge in [0.05, 0.1) is 17.5 Å². The molecule has 6 nitrogen and oxygen atoms in total. The zero-order valence-electron chi connectivity index (χ0n) is 12.8. The van der Waals surface area contributed by atoms with Crippen molar-refractivity contribution >= 4 is 11.8 Å². The third-order valence-corrected chi connectivity index (χ3v) is 7.69. The number of thioether (sulfide) groups is 1. The summed E-state index contributed by atoms with van der Waals surface area (Å²) in [5.74, 6) is -0.971. The number of aliphatic hydroxyl groups is 6. The van der Waals surface area contributed by atoms with Crippen LogP contribution in [0.1, 0.15) is 17.9 Å². The molecule has 0 saturated heterocycles. The van der Waals surface area contributed by atoms with Crippen molar-refractivity contribution in [2.24, 2.45) is 0 Å². The topological polar surface area (TPSA) is 121 Å². The highest BCUT2D eigenvalue weighted by Crippen LogP contribution is 2.79. The van der Waals surface area contributed by atoms with Gasteiger partial charge in [-0.05, 0) is 17.4 Å². The van der Waals surface area contributed by atoms with Gasteiger partial charge in [-0.3, -0.25) is 0 Å². The third-order valence-electron chi connectivity index (χ3n) is 6.17. The lowest BCUT2D eigenvalue weighted by molar-refractivity contribution is -0.464. The van der Waals surface area contributed by atoms with Crippen LogP contribution in [-0.4, -0.2) is 71.0 Å². The van der Waals surface area contributed by atoms with Crippen LogP contribution in [0.3, 0.4) is 0 Å². The molecule has 0 amide bonds. The average molecular weight is 352 g/mol. The molecule has 1 heterocycles. The Labute approximate surface area is 143 Å². The fraction of sp³-hybridized carbons (Fsp3) is 0.529. The van der Waals surface area contributed by atoms with Crippen LogP contribution in [0.4, 0.5) is 0 Å². The summed E-state index contributed by atoms with van der Waals surface area (Å²) in [6.45, 7) is -0.769. The SMILES string of the molecule is OC[C@@H](O)[C@]1(O)C2(CC=CS2)[C@]2(O)C(O)C(c3ccccc3)[C@@]21O. The number of rotatable bonds is 3. The molecule has 2 saturated carbocycles. The summed E-state index contributed by atoms with van der Waals surface area (Å²) in [6, 6.07) is 8.60. The monoisotopic (exact) mass is 352 g/mol. The van der Waals surface area contributed by atoms with E-state index >= 15 is 0 Å². The minimum Gasteiger partial charge on any atom is -0.394 e. The molecule has 3 aliphatic rings. The first-order valence-electron chi connectivity index (χ1n) is 7.85. The van der Waals surface area contributed by atoms with Crippen molar-refractivity contribution in [3.8, 4) is 0 Å². The Morgan fingerprint density at radius 3 is 2.33 bits per heavy atom. The van der Waals surface area contributed by atoms with Crippen LogP contribution in [0, 0.1) is 0 Å². The van der Waals surface area contributed by atoms with Gasteiger partial charge >= 0.3 is 0 Å². The molecule has 24 heavy (non-hydrogen) atoms. The van der Waals surface area contributed by atoms with Gasteiger partial charge in [0.25, 0.3) is 0 Å². The van der Waals surface area contributed by atoms with Crippen molar-refractivity contribution in [3.63, 3.8) is 0 Å². The lowest BCUT2D eigenvalue weighted by Gasteiger charge is -2.84. The van der Waals surface area contributed by atoms with Gasteiger partial charge < -0.3 is 30.6 Å². The molecule has 0 aromatic heterocycles. The molecule has 1 aromatic rings. The van der Waals surface area contributed by atoms with E-state index in [-0.39, 0.29) is 6.42 Å². The second-order valence-electron chi connectivity index (χ2n) is 6.85. The molecule has 1 spiro atoms. The van der Waals surface area contributed by atoms with Crippen molar-refractivity contribution in [2.45, 2.75) is 46.1 Å². The molecule has 0 bridgehead atoms. The van der Waals surface area contributed by atoms with Crippen molar-refractivity contribution < 1.29 is 30.6 Å². The summed E-state index contributed by atoms with van der Waals surface area (Å²) in [5, 5.41) is 65.8. The molecule has 1 aromatic carbocycles. The first-order chi connectivity index (χ1) is 11.3. The molecule has 7 atom stereocenters. The molecule has 0 radical (unpaired) electrons. The number of fused-ring (bicyclic) bond motifs is 2. The van der Waals surface area contributed by atoms with E-state index in [2.05, 4.69) is 0 Å². The number of benzene rings is 1. The number of hydrogen-bond acceptors (Lipinski definition) is 7. The summed E-state index contributed by atoms with van der Waals surface area (Å²) >= 11 is 1.07. The molecule has 1 aliphatic heterocycles. The molecular formula is C17H20O6S. The van der Waals surface area contributed by atoms with Gasteiger partial charge in [0.15, 0.2) is 0 Å². The Kier molecular flexibility index (Phi) is 3.32. The fourth-order valence-corrected chi connectivity index (χ4v) is 6.65. The van der Waals surface area contributed by atoms with Crippen LogP contribution < -0.4 is 0 Å². The van der Waals surface area contributed by atoms with Crippen LogP contribution in [-0.2, 0) is 0 Å². The number of allylic oxidation sites excluding steroid dienone is 1. The highest BCUT2D eigenvalue weighted by atomic mass is 32.2. The minimum atomic E-state index is -2.17. The fourth-order valence-electron chi connectivity index (χ4n) is 5.10. The molecule has 130 valence electrons. The number of aliphatic hydroxyl groups excluding tert-OH is 3. The lowest BCUT2D eigenvalue weighted by atomic mass is 9.30. The minimum absolute atomic E-state index is 0.169.